The second kappa shape index (κ2) is 9.91. The zero-order valence-electron chi connectivity index (χ0n) is 20.1. The molecule has 0 bridgehead atoms. The van der Waals surface area contributed by atoms with Crippen LogP contribution in [0.2, 0.25) is 0 Å². The van der Waals surface area contributed by atoms with Crippen molar-refractivity contribution in [2.24, 2.45) is 5.11 Å². The van der Waals surface area contributed by atoms with Crippen molar-refractivity contribution in [3.05, 3.63) is 92.4 Å². The summed E-state index contributed by atoms with van der Waals surface area (Å²) < 4.78 is 10.5. The Morgan fingerprint density at radius 1 is 0.971 bits per heavy atom. The van der Waals surface area contributed by atoms with Gasteiger partial charge in [0.05, 0.1) is 19.2 Å². The average molecular weight is 471 g/mol. The Balaban J connectivity index is 1.60. The summed E-state index contributed by atoms with van der Waals surface area (Å²) in [6, 6.07) is 16.2. The number of nitrogens with zero attached hydrogens (tertiary/aromatic N) is 3. The number of hydrogen-bond acceptors (Lipinski definition) is 5. The lowest BCUT2D eigenvalue weighted by atomic mass is 9.93. The van der Waals surface area contributed by atoms with Crippen molar-refractivity contribution in [2.45, 2.75) is 33.1 Å². The molecule has 1 N–H and O–H groups in total. The Hall–Kier alpha value is -4.29. The van der Waals surface area contributed by atoms with Gasteiger partial charge in [-0.1, -0.05) is 53.6 Å². The van der Waals surface area contributed by atoms with Gasteiger partial charge in [0.1, 0.15) is 6.61 Å². The van der Waals surface area contributed by atoms with Crippen LogP contribution in [-0.2, 0) is 20.7 Å². The van der Waals surface area contributed by atoms with Gasteiger partial charge < -0.3 is 9.47 Å². The van der Waals surface area contributed by atoms with Crippen molar-refractivity contribution in [3.8, 4) is 11.1 Å². The minimum Gasteiger partial charge on any atom is -0.469 e. The van der Waals surface area contributed by atoms with E-state index >= 15 is 0 Å². The first-order valence-electron chi connectivity index (χ1n) is 11.2. The van der Waals surface area contributed by atoms with Crippen LogP contribution in [0.15, 0.2) is 53.6 Å². The number of carbonyl (C=O) groups excluding carboxylic acids is 2. The Bertz CT molecular complexity index is 1330. The van der Waals surface area contributed by atoms with E-state index in [1.165, 1.54) is 7.11 Å². The van der Waals surface area contributed by atoms with E-state index in [0.717, 1.165) is 22.3 Å². The van der Waals surface area contributed by atoms with E-state index < -0.39 is 12.1 Å². The van der Waals surface area contributed by atoms with Crippen LogP contribution in [0.4, 0.5) is 16.2 Å². The van der Waals surface area contributed by atoms with Crippen molar-refractivity contribution in [3.63, 3.8) is 0 Å². The van der Waals surface area contributed by atoms with Gasteiger partial charge >= 0.3 is 12.1 Å². The summed E-state index contributed by atoms with van der Waals surface area (Å²) in [4.78, 5) is 27.8. The number of methoxy groups -OCH3 is 1. The molecule has 1 aliphatic rings. The number of carbonyl (C=O) groups is 2. The van der Waals surface area contributed by atoms with Crippen molar-refractivity contribution in [1.29, 1.82) is 0 Å². The maximum atomic E-state index is 12.9. The molecule has 8 nitrogen and oxygen atoms in total. The molecule has 1 amide bonds. The summed E-state index contributed by atoms with van der Waals surface area (Å²) >= 11 is 0. The minimum atomic E-state index is -0.627. The number of amides is 1. The van der Waals surface area contributed by atoms with Crippen LogP contribution in [0.3, 0.4) is 0 Å². The predicted molar refractivity (Wildman–Crippen MR) is 134 cm³/mol. The highest BCUT2D eigenvalue weighted by Gasteiger charge is 2.29. The maximum Gasteiger partial charge on any atom is 0.411 e. The Morgan fingerprint density at radius 3 is 2.14 bits per heavy atom. The molecule has 0 fully saturated rings. The smallest absolute Gasteiger partial charge is 0.411 e. The number of azide groups is 1. The molecule has 0 saturated heterocycles. The topological polar surface area (TPSA) is 113 Å². The van der Waals surface area contributed by atoms with Gasteiger partial charge in [0.2, 0.25) is 0 Å². The number of benzene rings is 3. The van der Waals surface area contributed by atoms with Gasteiger partial charge in [0, 0.05) is 16.5 Å². The second-order valence-corrected chi connectivity index (χ2v) is 8.47. The largest absolute Gasteiger partial charge is 0.469 e. The van der Waals surface area contributed by atoms with Crippen LogP contribution in [-0.4, -0.2) is 25.8 Å². The molecule has 3 aromatic rings. The molecule has 35 heavy (non-hydrogen) atoms. The molecular formula is C27H26N4O4. The third-order valence-electron chi connectivity index (χ3n) is 6.63. The number of ether oxygens (including phenoxy) is 2. The highest BCUT2D eigenvalue weighted by Crippen LogP contribution is 2.44. The average Bonchev–Trinajstić information content (AvgIpc) is 3.19. The fourth-order valence-electron chi connectivity index (χ4n) is 4.86. The standard InChI is InChI=1S/C27H26N4O4/c1-15-22(13-24(32)34-4)16(2)26(30-31-28)17(3)25(15)29-27(33)35-14-23-20-11-7-5-9-18(20)19-10-6-8-12-21(19)23/h5-12,23H,13-14H2,1-4H3,(H,29,33). The molecule has 0 spiro atoms. The van der Waals surface area contributed by atoms with E-state index in [2.05, 4.69) is 39.6 Å². The van der Waals surface area contributed by atoms with Crippen LogP contribution >= 0.6 is 0 Å². The van der Waals surface area contributed by atoms with E-state index in [9.17, 15) is 9.59 Å². The summed E-state index contributed by atoms with van der Waals surface area (Å²) in [5.74, 6) is -0.499. The fourth-order valence-corrected chi connectivity index (χ4v) is 4.86. The maximum absolute atomic E-state index is 12.9. The number of rotatable bonds is 6. The summed E-state index contributed by atoms with van der Waals surface area (Å²) in [7, 11) is 1.31. The zero-order chi connectivity index (χ0) is 25.1. The third kappa shape index (κ3) is 4.44. The van der Waals surface area contributed by atoms with Gasteiger partial charge in [-0.25, -0.2) is 4.79 Å². The molecule has 4 rings (SSSR count). The SMILES string of the molecule is COC(=O)Cc1c(C)c(N=[N+]=[N-])c(C)c(NC(=O)OCC2c3ccccc3-c3ccccc32)c1C. The molecule has 178 valence electrons. The third-order valence-corrected chi connectivity index (χ3v) is 6.63. The quantitative estimate of drug-likeness (QED) is 0.188. The number of esters is 1. The highest BCUT2D eigenvalue weighted by atomic mass is 16.5. The summed E-state index contributed by atoms with van der Waals surface area (Å²) in [6.45, 7) is 5.50. The van der Waals surface area contributed by atoms with Gasteiger partial charge in [-0.05, 0) is 70.8 Å². The first-order valence-corrected chi connectivity index (χ1v) is 11.2. The van der Waals surface area contributed by atoms with Crippen LogP contribution in [0, 0.1) is 20.8 Å². The summed E-state index contributed by atoms with van der Waals surface area (Å²) in [5, 5.41) is 6.62. The highest BCUT2D eigenvalue weighted by molar-refractivity contribution is 5.90. The Labute approximate surface area is 203 Å². The van der Waals surface area contributed by atoms with Crippen LogP contribution < -0.4 is 5.32 Å². The van der Waals surface area contributed by atoms with Gasteiger partial charge in [-0.3, -0.25) is 10.1 Å². The number of fused-ring (bicyclic) bond motifs is 3. The number of hydrogen-bond donors (Lipinski definition) is 1. The first kappa shape index (κ1) is 23.9. The molecule has 0 unspecified atom stereocenters. The lowest BCUT2D eigenvalue weighted by molar-refractivity contribution is -0.139. The van der Waals surface area contributed by atoms with Crippen LogP contribution in [0.25, 0.3) is 21.6 Å². The van der Waals surface area contributed by atoms with Gasteiger partial charge in [-0.15, -0.1) is 0 Å². The predicted octanol–water partition coefficient (Wildman–Crippen LogP) is 6.63. The number of nitrogens with one attached hydrogen (secondary N) is 1. The lowest BCUT2D eigenvalue weighted by Crippen LogP contribution is -2.20. The van der Waals surface area contributed by atoms with Crippen molar-refractivity contribution in [2.75, 3.05) is 19.0 Å². The van der Waals surface area contributed by atoms with E-state index in [1.54, 1.807) is 20.8 Å². The molecule has 0 aliphatic heterocycles. The summed E-state index contributed by atoms with van der Waals surface area (Å²) in [6.07, 6.45) is -0.639. The zero-order valence-corrected chi connectivity index (χ0v) is 20.1. The normalized spacial score (nSPS) is 11.8. The van der Waals surface area contributed by atoms with E-state index in [-0.39, 0.29) is 18.9 Å². The van der Waals surface area contributed by atoms with E-state index in [1.807, 2.05) is 24.3 Å². The Morgan fingerprint density at radius 2 is 1.57 bits per heavy atom. The molecule has 0 aromatic heterocycles. The monoisotopic (exact) mass is 470 g/mol. The Kier molecular flexibility index (Phi) is 6.75. The van der Waals surface area contributed by atoms with Crippen LogP contribution in [0.1, 0.15) is 39.3 Å². The summed E-state index contributed by atoms with van der Waals surface area (Å²) in [5.41, 5.74) is 17.0. The molecule has 0 atom stereocenters. The first-order chi connectivity index (χ1) is 16.9. The second-order valence-electron chi connectivity index (χ2n) is 8.47. The number of anilines is 1. The molecule has 8 heteroatoms. The van der Waals surface area contributed by atoms with E-state index in [4.69, 9.17) is 15.0 Å². The van der Waals surface area contributed by atoms with E-state index in [0.29, 0.717) is 33.6 Å². The molecule has 3 aromatic carbocycles. The molecule has 0 saturated carbocycles. The van der Waals surface area contributed by atoms with Crippen molar-refractivity contribution in [1.82, 2.24) is 0 Å². The lowest BCUT2D eigenvalue weighted by Gasteiger charge is -2.21. The molecular weight excluding hydrogens is 444 g/mol. The van der Waals surface area contributed by atoms with Gasteiger partial charge in [0.25, 0.3) is 0 Å². The minimum absolute atomic E-state index is 0.0121. The van der Waals surface area contributed by atoms with Gasteiger partial charge in [-0.2, -0.15) is 0 Å². The van der Waals surface area contributed by atoms with Gasteiger partial charge in [0.15, 0.2) is 0 Å². The molecule has 0 heterocycles. The van der Waals surface area contributed by atoms with Crippen molar-refractivity contribution >= 4 is 23.4 Å². The van der Waals surface area contributed by atoms with Crippen LogP contribution in [0.5, 0.6) is 0 Å². The van der Waals surface area contributed by atoms with Crippen molar-refractivity contribution < 1.29 is 19.1 Å². The molecule has 1 aliphatic carbocycles. The fraction of sp³-hybridized carbons (Fsp3) is 0.259. The molecule has 0 radical (unpaired) electrons.